The number of likely N-dealkylation sites (tertiary alicyclic amines) is 2. The van der Waals surface area contributed by atoms with Gasteiger partial charge in [-0.05, 0) is 43.8 Å². The Balaban J connectivity index is 1.22. The fraction of sp³-hybridized carbons (Fsp3) is 0.600. The second-order valence-electron chi connectivity index (χ2n) is 7.73. The molecule has 2 aromatic rings. The van der Waals surface area contributed by atoms with Crippen LogP contribution in [0.4, 0.5) is 0 Å². The molecule has 1 atom stereocenters. The summed E-state index contributed by atoms with van der Waals surface area (Å²) in [7, 11) is 0. The van der Waals surface area contributed by atoms with Crippen LogP contribution in [0, 0.1) is 5.92 Å². The van der Waals surface area contributed by atoms with Gasteiger partial charge in [-0.15, -0.1) is 5.10 Å². The molecule has 1 aromatic heterocycles. The third kappa shape index (κ3) is 4.31. The van der Waals surface area contributed by atoms with E-state index in [2.05, 4.69) is 50.4 Å². The molecular weight excluding hydrogens is 326 g/mol. The van der Waals surface area contributed by atoms with Crippen LogP contribution in [0.15, 0.2) is 36.5 Å². The average Bonchev–Trinajstić information content (AvgIpc) is 3.33. The summed E-state index contributed by atoms with van der Waals surface area (Å²) in [5, 5.41) is 17.2. The maximum atomic E-state index is 9.10. The molecule has 2 saturated heterocycles. The largest absolute Gasteiger partial charge is 0.390 e. The lowest BCUT2D eigenvalue weighted by atomic mass is 9.95. The molecule has 0 bridgehead atoms. The first-order valence-corrected chi connectivity index (χ1v) is 9.80. The van der Waals surface area contributed by atoms with Crippen LogP contribution in [0.3, 0.4) is 0 Å². The van der Waals surface area contributed by atoms with E-state index in [0.717, 1.165) is 13.1 Å². The van der Waals surface area contributed by atoms with E-state index < -0.39 is 0 Å². The van der Waals surface area contributed by atoms with Crippen molar-refractivity contribution >= 4 is 0 Å². The van der Waals surface area contributed by atoms with Crippen molar-refractivity contribution in [2.45, 2.75) is 45.0 Å². The Morgan fingerprint density at radius 2 is 1.85 bits per heavy atom. The highest BCUT2D eigenvalue weighted by atomic mass is 16.3. The summed E-state index contributed by atoms with van der Waals surface area (Å²) in [6.07, 6.45) is 5.61. The predicted molar refractivity (Wildman–Crippen MR) is 100 cm³/mol. The molecule has 140 valence electrons. The van der Waals surface area contributed by atoms with Crippen LogP contribution in [-0.2, 0) is 19.7 Å². The molecule has 0 amide bonds. The Morgan fingerprint density at radius 1 is 1.04 bits per heavy atom. The number of benzene rings is 1. The quantitative estimate of drug-likeness (QED) is 0.856. The van der Waals surface area contributed by atoms with E-state index in [1.165, 1.54) is 51.0 Å². The van der Waals surface area contributed by atoms with Gasteiger partial charge in [-0.2, -0.15) is 0 Å². The number of aromatic nitrogens is 3. The lowest BCUT2D eigenvalue weighted by molar-refractivity contribution is 0.124. The third-order valence-corrected chi connectivity index (χ3v) is 5.86. The molecule has 0 spiro atoms. The van der Waals surface area contributed by atoms with Crippen LogP contribution < -0.4 is 0 Å². The Morgan fingerprint density at radius 3 is 2.58 bits per heavy atom. The molecule has 2 aliphatic rings. The van der Waals surface area contributed by atoms with Gasteiger partial charge in [0.15, 0.2) is 0 Å². The molecule has 0 unspecified atom stereocenters. The normalized spacial score (nSPS) is 22.9. The first-order chi connectivity index (χ1) is 12.8. The van der Waals surface area contributed by atoms with Gasteiger partial charge in [0.2, 0.25) is 0 Å². The van der Waals surface area contributed by atoms with E-state index in [0.29, 0.717) is 17.7 Å². The van der Waals surface area contributed by atoms with Crippen LogP contribution in [-0.4, -0.2) is 62.1 Å². The van der Waals surface area contributed by atoms with Gasteiger partial charge in [0.1, 0.15) is 5.69 Å². The fourth-order valence-corrected chi connectivity index (χ4v) is 4.36. The summed E-state index contributed by atoms with van der Waals surface area (Å²) >= 11 is 0. The molecular formula is C20H29N5O. The standard InChI is InChI=1S/C20H29N5O/c26-16-19-14-25(22-21-19)13-18-6-10-24(11-7-18)20-8-9-23(15-20)12-17-4-2-1-3-5-17/h1-5,14,18,20,26H,6-13,15-16H2/t20-/m1/s1. The molecule has 6 heteroatoms. The SMILES string of the molecule is OCc1cn(CC2CCN([C@@H]3CCN(Cc4ccccc4)C3)CC2)nn1. The highest BCUT2D eigenvalue weighted by Gasteiger charge is 2.30. The van der Waals surface area contributed by atoms with E-state index in [-0.39, 0.29) is 6.61 Å². The number of aliphatic hydroxyl groups is 1. The summed E-state index contributed by atoms with van der Waals surface area (Å²) in [6, 6.07) is 11.5. The minimum atomic E-state index is -0.0282. The topological polar surface area (TPSA) is 57.4 Å². The number of hydrogen-bond acceptors (Lipinski definition) is 5. The van der Waals surface area contributed by atoms with E-state index in [1.54, 1.807) is 0 Å². The molecule has 0 saturated carbocycles. The number of rotatable bonds is 6. The number of nitrogens with zero attached hydrogens (tertiary/aromatic N) is 5. The van der Waals surface area contributed by atoms with Gasteiger partial charge in [0.05, 0.1) is 12.8 Å². The zero-order valence-electron chi connectivity index (χ0n) is 15.4. The van der Waals surface area contributed by atoms with Crippen LogP contribution in [0.2, 0.25) is 0 Å². The van der Waals surface area contributed by atoms with Gasteiger partial charge in [0.25, 0.3) is 0 Å². The van der Waals surface area contributed by atoms with E-state index in [4.69, 9.17) is 5.11 Å². The van der Waals surface area contributed by atoms with Gasteiger partial charge < -0.3 is 5.11 Å². The Hall–Kier alpha value is -1.76. The Bertz CT molecular complexity index is 681. The van der Waals surface area contributed by atoms with Crippen molar-refractivity contribution in [1.82, 2.24) is 24.8 Å². The summed E-state index contributed by atoms with van der Waals surface area (Å²) in [5.74, 6) is 0.668. The molecule has 2 fully saturated rings. The molecule has 2 aliphatic heterocycles. The lowest BCUT2D eigenvalue weighted by Crippen LogP contribution is -2.43. The maximum Gasteiger partial charge on any atom is 0.108 e. The number of aliphatic hydroxyl groups excluding tert-OH is 1. The van der Waals surface area contributed by atoms with Gasteiger partial charge in [-0.25, -0.2) is 0 Å². The Kier molecular flexibility index (Phi) is 5.62. The molecule has 1 N–H and O–H groups in total. The highest BCUT2D eigenvalue weighted by Crippen LogP contribution is 2.25. The monoisotopic (exact) mass is 355 g/mol. The van der Waals surface area contributed by atoms with Crippen molar-refractivity contribution in [2.75, 3.05) is 26.2 Å². The molecule has 3 heterocycles. The predicted octanol–water partition coefficient (Wildman–Crippen LogP) is 1.76. The van der Waals surface area contributed by atoms with Crippen molar-refractivity contribution in [2.24, 2.45) is 5.92 Å². The van der Waals surface area contributed by atoms with Crippen molar-refractivity contribution in [3.63, 3.8) is 0 Å². The minimum absolute atomic E-state index is 0.0282. The van der Waals surface area contributed by atoms with Crippen molar-refractivity contribution < 1.29 is 5.11 Å². The Labute approximate surface area is 155 Å². The first-order valence-electron chi connectivity index (χ1n) is 9.80. The summed E-state index contributed by atoms with van der Waals surface area (Å²) in [5.41, 5.74) is 2.08. The van der Waals surface area contributed by atoms with Gasteiger partial charge in [-0.3, -0.25) is 14.5 Å². The summed E-state index contributed by atoms with van der Waals surface area (Å²) < 4.78 is 1.89. The zero-order valence-corrected chi connectivity index (χ0v) is 15.4. The van der Waals surface area contributed by atoms with Crippen LogP contribution in [0.5, 0.6) is 0 Å². The van der Waals surface area contributed by atoms with Gasteiger partial charge >= 0.3 is 0 Å². The number of hydrogen-bond donors (Lipinski definition) is 1. The molecule has 0 radical (unpaired) electrons. The molecule has 6 nitrogen and oxygen atoms in total. The highest BCUT2D eigenvalue weighted by molar-refractivity contribution is 5.14. The van der Waals surface area contributed by atoms with Gasteiger partial charge in [0, 0.05) is 32.2 Å². The zero-order chi connectivity index (χ0) is 17.8. The fourth-order valence-electron chi connectivity index (χ4n) is 4.36. The average molecular weight is 355 g/mol. The smallest absolute Gasteiger partial charge is 0.108 e. The molecule has 4 rings (SSSR count). The van der Waals surface area contributed by atoms with Gasteiger partial charge in [-0.1, -0.05) is 35.5 Å². The summed E-state index contributed by atoms with van der Waals surface area (Å²) in [6.45, 7) is 6.76. The van der Waals surface area contributed by atoms with Crippen LogP contribution in [0.25, 0.3) is 0 Å². The van der Waals surface area contributed by atoms with Crippen molar-refractivity contribution in [3.05, 3.63) is 47.8 Å². The summed E-state index contributed by atoms with van der Waals surface area (Å²) in [4.78, 5) is 5.29. The van der Waals surface area contributed by atoms with E-state index in [9.17, 15) is 0 Å². The van der Waals surface area contributed by atoms with Crippen LogP contribution >= 0.6 is 0 Å². The van der Waals surface area contributed by atoms with Crippen LogP contribution in [0.1, 0.15) is 30.5 Å². The minimum Gasteiger partial charge on any atom is -0.390 e. The molecule has 0 aliphatic carbocycles. The number of piperidine rings is 1. The van der Waals surface area contributed by atoms with Crippen molar-refractivity contribution in [1.29, 1.82) is 0 Å². The molecule has 1 aromatic carbocycles. The van der Waals surface area contributed by atoms with E-state index in [1.807, 2.05) is 10.9 Å². The van der Waals surface area contributed by atoms with E-state index >= 15 is 0 Å². The maximum absolute atomic E-state index is 9.10. The second kappa shape index (κ2) is 8.29. The second-order valence-corrected chi connectivity index (χ2v) is 7.73. The molecule has 26 heavy (non-hydrogen) atoms. The first kappa shape index (κ1) is 17.6. The van der Waals surface area contributed by atoms with Crippen molar-refractivity contribution in [3.8, 4) is 0 Å². The lowest BCUT2D eigenvalue weighted by Gasteiger charge is -2.36. The third-order valence-electron chi connectivity index (χ3n) is 5.86.